The maximum atomic E-state index is 14.6. The molecule has 6 heteroatoms. The third-order valence-electron chi connectivity index (χ3n) is 4.30. The number of benzene rings is 2. The highest BCUT2D eigenvalue weighted by atomic mass is 35.5. The minimum absolute atomic E-state index is 0.0440. The van der Waals surface area contributed by atoms with E-state index in [4.69, 9.17) is 26.8 Å². The lowest BCUT2D eigenvalue weighted by atomic mass is 9.74. The van der Waals surface area contributed by atoms with Crippen LogP contribution in [0.4, 0.5) is 4.39 Å². The molecule has 0 saturated carbocycles. The van der Waals surface area contributed by atoms with E-state index in [-0.39, 0.29) is 11.4 Å². The monoisotopic (exact) mass is 367 g/mol. The van der Waals surface area contributed by atoms with E-state index in [9.17, 15) is 9.50 Å². The molecule has 0 heterocycles. The van der Waals surface area contributed by atoms with Crippen molar-refractivity contribution in [1.82, 2.24) is 0 Å². The average molecular weight is 368 g/mol. The third kappa shape index (κ3) is 4.42. The summed E-state index contributed by atoms with van der Waals surface area (Å²) in [6, 6.07) is 10.4. The Labute approximate surface area is 152 Å². The molecule has 0 spiro atoms. The standard InChI is InChI=1S/C19H23ClFNO3/c1-19(11-17(22)23,13-5-4-6-14(20)18(13)21)10-12-7-8-15(24-2)16(9-12)25-3/h4-9,17,23H,10-11,22H2,1-3H3/t17-,19?/m1/s1. The van der Waals surface area contributed by atoms with Crippen molar-refractivity contribution in [3.63, 3.8) is 0 Å². The maximum Gasteiger partial charge on any atom is 0.160 e. The highest BCUT2D eigenvalue weighted by Crippen LogP contribution is 2.38. The van der Waals surface area contributed by atoms with Gasteiger partial charge in [-0.25, -0.2) is 4.39 Å². The molecule has 2 aromatic carbocycles. The molecule has 2 aromatic rings. The van der Waals surface area contributed by atoms with Crippen molar-refractivity contribution in [3.05, 3.63) is 58.4 Å². The molecule has 4 nitrogen and oxygen atoms in total. The van der Waals surface area contributed by atoms with Crippen LogP contribution >= 0.6 is 11.6 Å². The number of rotatable bonds is 7. The van der Waals surface area contributed by atoms with Crippen LogP contribution < -0.4 is 15.2 Å². The van der Waals surface area contributed by atoms with E-state index in [2.05, 4.69) is 0 Å². The van der Waals surface area contributed by atoms with E-state index >= 15 is 0 Å². The normalized spacial score (nSPS) is 14.7. The van der Waals surface area contributed by atoms with Gasteiger partial charge in [0, 0.05) is 5.41 Å². The lowest BCUT2D eigenvalue weighted by Gasteiger charge is -2.32. The van der Waals surface area contributed by atoms with Gasteiger partial charge in [-0.05, 0) is 42.2 Å². The van der Waals surface area contributed by atoms with Crippen molar-refractivity contribution < 1.29 is 19.0 Å². The van der Waals surface area contributed by atoms with Crippen molar-refractivity contribution in [2.75, 3.05) is 14.2 Å². The van der Waals surface area contributed by atoms with E-state index in [1.807, 2.05) is 19.1 Å². The summed E-state index contributed by atoms with van der Waals surface area (Å²) < 4.78 is 25.2. The first-order valence-corrected chi connectivity index (χ1v) is 8.27. The molecule has 2 rings (SSSR count). The van der Waals surface area contributed by atoms with Gasteiger partial charge >= 0.3 is 0 Å². The number of aliphatic hydroxyl groups is 1. The Bertz CT molecular complexity index is 739. The molecule has 0 bridgehead atoms. The van der Waals surface area contributed by atoms with Crippen LogP contribution in [0.5, 0.6) is 11.5 Å². The Hall–Kier alpha value is -1.82. The van der Waals surface area contributed by atoms with Crippen molar-refractivity contribution in [2.45, 2.75) is 31.4 Å². The van der Waals surface area contributed by atoms with Crippen LogP contribution in [0.1, 0.15) is 24.5 Å². The van der Waals surface area contributed by atoms with Crippen LogP contribution in [0.25, 0.3) is 0 Å². The summed E-state index contributed by atoms with van der Waals surface area (Å²) in [5, 5.41) is 9.79. The average Bonchev–Trinajstić information content (AvgIpc) is 2.56. The van der Waals surface area contributed by atoms with Gasteiger partial charge in [-0.2, -0.15) is 0 Å². The van der Waals surface area contributed by atoms with Gasteiger partial charge in [-0.1, -0.05) is 36.7 Å². The smallest absolute Gasteiger partial charge is 0.160 e. The van der Waals surface area contributed by atoms with Gasteiger partial charge < -0.3 is 20.3 Å². The molecule has 2 atom stereocenters. The molecular formula is C19H23ClFNO3. The second-order valence-electron chi connectivity index (χ2n) is 6.30. The molecule has 0 aliphatic carbocycles. The fourth-order valence-electron chi connectivity index (χ4n) is 3.15. The van der Waals surface area contributed by atoms with E-state index in [0.29, 0.717) is 23.5 Å². The molecule has 0 radical (unpaired) electrons. The Morgan fingerprint density at radius 1 is 1.20 bits per heavy atom. The van der Waals surface area contributed by atoms with Crippen molar-refractivity contribution in [2.24, 2.45) is 5.73 Å². The number of aliphatic hydroxyl groups excluding tert-OH is 1. The predicted octanol–water partition coefficient (Wildman–Crippen LogP) is 3.66. The van der Waals surface area contributed by atoms with Gasteiger partial charge in [0.15, 0.2) is 11.5 Å². The minimum atomic E-state index is -1.08. The number of hydrogen-bond donors (Lipinski definition) is 2. The summed E-state index contributed by atoms with van der Waals surface area (Å²) in [5.74, 6) is 0.704. The third-order valence-corrected chi connectivity index (χ3v) is 4.60. The van der Waals surface area contributed by atoms with Crippen LogP contribution in [0.3, 0.4) is 0 Å². The van der Waals surface area contributed by atoms with Gasteiger partial charge in [0.25, 0.3) is 0 Å². The minimum Gasteiger partial charge on any atom is -0.493 e. The largest absolute Gasteiger partial charge is 0.493 e. The second-order valence-corrected chi connectivity index (χ2v) is 6.71. The van der Waals surface area contributed by atoms with E-state index in [1.165, 1.54) is 6.07 Å². The zero-order valence-corrected chi connectivity index (χ0v) is 15.3. The number of nitrogens with two attached hydrogens (primary N) is 1. The van der Waals surface area contributed by atoms with Gasteiger partial charge in [-0.3, -0.25) is 0 Å². The van der Waals surface area contributed by atoms with Crippen molar-refractivity contribution in [3.8, 4) is 11.5 Å². The van der Waals surface area contributed by atoms with Gasteiger partial charge in [0.2, 0.25) is 0 Å². The topological polar surface area (TPSA) is 64.7 Å². The maximum absolute atomic E-state index is 14.6. The first-order chi connectivity index (χ1) is 11.8. The fraction of sp³-hybridized carbons (Fsp3) is 0.368. The Balaban J connectivity index is 2.46. The molecule has 1 unspecified atom stereocenters. The Kier molecular flexibility index (Phi) is 6.27. The number of hydrogen-bond acceptors (Lipinski definition) is 4. The van der Waals surface area contributed by atoms with Crippen LogP contribution in [-0.2, 0) is 11.8 Å². The quantitative estimate of drug-likeness (QED) is 0.733. The summed E-state index contributed by atoms with van der Waals surface area (Å²) >= 11 is 5.94. The lowest BCUT2D eigenvalue weighted by Crippen LogP contribution is -2.35. The molecular weight excluding hydrogens is 345 g/mol. The molecule has 0 saturated heterocycles. The van der Waals surface area contributed by atoms with Crippen LogP contribution in [0.15, 0.2) is 36.4 Å². The summed E-state index contributed by atoms with van der Waals surface area (Å²) in [5.41, 5.74) is 6.19. The number of methoxy groups -OCH3 is 2. The summed E-state index contributed by atoms with van der Waals surface area (Å²) in [7, 11) is 3.12. The molecule has 136 valence electrons. The lowest BCUT2D eigenvalue weighted by molar-refractivity contribution is 0.139. The van der Waals surface area contributed by atoms with Crippen molar-refractivity contribution in [1.29, 1.82) is 0 Å². The van der Waals surface area contributed by atoms with Crippen LogP contribution in [-0.4, -0.2) is 25.6 Å². The zero-order chi connectivity index (χ0) is 18.6. The molecule has 0 amide bonds. The molecule has 25 heavy (non-hydrogen) atoms. The Morgan fingerprint density at radius 3 is 2.48 bits per heavy atom. The van der Waals surface area contributed by atoms with E-state index < -0.39 is 17.5 Å². The molecule has 0 aromatic heterocycles. The molecule has 0 aliphatic heterocycles. The number of halogens is 2. The first kappa shape index (κ1) is 19.5. The van der Waals surface area contributed by atoms with E-state index in [1.54, 1.807) is 32.4 Å². The van der Waals surface area contributed by atoms with Gasteiger partial charge in [0.1, 0.15) is 12.0 Å². The highest BCUT2D eigenvalue weighted by Gasteiger charge is 2.32. The fourth-order valence-corrected chi connectivity index (χ4v) is 3.32. The molecule has 0 aliphatic rings. The van der Waals surface area contributed by atoms with Crippen molar-refractivity contribution >= 4 is 11.6 Å². The van der Waals surface area contributed by atoms with Gasteiger partial charge in [0.05, 0.1) is 19.2 Å². The summed E-state index contributed by atoms with van der Waals surface area (Å²) in [6.07, 6.45) is -0.458. The number of ether oxygens (including phenoxy) is 2. The molecule has 0 fully saturated rings. The Morgan fingerprint density at radius 2 is 1.88 bits per heavy atom. The zero-order valence-electron chi connectivity index (χ0n) is 14.6. The highest BCUT2D eigenvalue weighted by molar-refractivity contribution is 6.30. The molecule has 3 N–H and O–H groups in total. The summed E-state index contributed by atoms with van der Waals surface area (Å²) in [4.78, 5) is 0. The van der Waals surface area contributed by atoms with E-state index in [0.717, 1.165) is 5.56 Å². The SMILES string of the molecule is COc1ccc(CC(C)(C[C@H](N)O)c2cccc(Cl)c2F)cc1OC. The van der Waals surface area contributed by atoms with Crippen LogP contribution in [0, 0.1) is 5.82 Å². The summed E-state index contributed by atoms with van der Waals surface area (Å²) in [6.45, 7) is 1.86. The first-order valence-electron chi connectivity index (χ1n) is 7.90. The van der Waals surface area contributed by atoms with Gasteiger partial charge in [-0.15, -0.1) is 0 Å². The van der Waals surface area contributed by atoms with Crippen LogP contribution in [0.2, 0.25) is 5.02 Å². The second kappa shape index (κ2) is 8.04. The predicted molar refractivity (Wildman–Crippen MR) is 96.8 cm³/mol.